The summed E-state index contributed by atoms with van der Waals surface area (Å²) in [7, 11) is 1.67. The normalized spacial score (nSPS) is 17.3. The number of imidazole rings is 1. The number of benzene rings is 2. The molecule has 5 rings (SSSR count). The van der Waals surface area contributed by atoms with E-state index < -0.39 is 6.61 Å². The standard InChI is InChI=1S/C24H20F2N4O3/c1-30-20-10-16(12-27-21(20)29-24(30)32)14-3-2-4-15(9-14)22(31)28-19-11-18(19)13-5-7-17(8-6-13)33-23(25)26/h2-10,12,18-19,23H,11H2,1H3,(H,28,31)(H,27,29,32)/t18-,19+/m0/s1. The number of aryl methyl sites for hydroxylation is 1. The van der Waals surface area contributed by atoms with Gasteiger partial charge in [-0.1, -0.05) is 24.3 Å². The Morgan fingerprint density at radius 1 is 1.18 bits per heavy atom. The summed E-state index contributed by atoms with van der Waals surface area (Å²) in [5.74, 6) is 0.0588. The Labute approximate surface area is 187 Å². The molecular formula is C24H20F2N4O3. The van der Waals surface area contributed by atoms with E-state index >= 15 is 0 Å². The third-order valence-corrected chi connectivity index (χ3v) is 5.86. The molecule has 1 aliphatic carbocycles. The van der Waals surface area contributed by atoms with Crippen LogP contribution in [0.4, 0.5) is 8.78 Å². The van der Waals surface area contributed by atoms with Gasteiger partial charge < -0.3 is 10.1 Å². The first-order valence-corrected chi connectivity index (χ1v) is 10.4. The Morgan fingerprint density at radius 3 is 2.73 bits per heavy atom. The number of ether oxygens (including phenoxy) is 1. The van der Waals surface area contributed by atoms with Crippen LogP contribution >= 0.6 is 0 Å². The lowest BCUT2D eigenvalue weighted by molar-refractivity contribution is -0.0498. The Balaban J connectivity index is 1.28. The van der Waals surface area contributed by atoms with Crippen LogP contribution in [0.5, 0.6) is 5.75 Å². The Morgan fingerprint density at radius 2 is 1.97 bits per heavy atom. The summed E-state index contributed by atoms with van der Waals surface area (Å²) in [5.41, 5.74) is 4.04. The molecule has 7 nitrogen and oxygen atoms in total. The van der Waals surface area contributed by atoms with Gasteiger partial charge in [0.05, 0.1) is 5.52 Å². The van der Waals surface area contributed by atoms with Gasteiger partial charge >= 0.3 is 12.3 Å². The minimum atomic E-state index is -2.85. The number of nitrogens with one attached hydrogen (secondary N) is 2. The van der Waals surface area contributed by atoms with E-state index in [1.807, 2.05) is 12.1 Å². The molecule has 1 fully saturated rings. The van der Waals surface area contributed by atoms with E-state index in [0.717, 1.165) is 23.1 Å². The molecule has 1 saturated carbocycles. The third kappa shape index (κ3) is 4.21. The van der Waals surface area contributed by atoms with E-state index in [2.05, 4.69) is 20.0 Å². The first-order valence-electron chi connectivity index (χ1n) is 10.4. The molecule has 9 heteroatoms. The monoisotopic (exact) mass is 450 g/mol. The van der Waals surface area contributed by atoms with Crippen molar-refractivity contribution in [2.75, 3.05) is 0 Å². The zero-order valence-corrected chi connectivity index (χ0v) is 17.6. The molecule has 0 unspecified atom stereocenters. The van der Waals surface area contributed by atoms with E-state index in [-0.39, 0.29) is 29.3 Å². The fourth-order valence-corrected chi connectivity index (χ4v) is 3.97. The van der Waals surface area contributed by atoms with Gasteiger partial charge in [-0.2, -0.15) is 8.78 Å². The van der Waals surface area contributed by atoms with Crippen molar-refractivity contribution >= 4 is 17.1 Å². The first kappa shape index (κ1) is 20.9. The zero-order valence-electron chi connectivity index (χ0n) is 17.6. The molecule has 0 radical (unpaired) electrons. The second-order valence-corrected chi connectivity index (χ2v) is 8.03. The van der Waals surface area contributed by atoms with Crippen molar-refractivity contribution in [3.05, 3.63) is 82.4 Å². The van der Waals surface area contributed by atoms with Gasteiger partial charge in [0.1, 0.15) is 5.75 Å². The molecule has 2 aromatic carbocycles. The van der Waals surface area contributed by atoms with Crippen LogP contribution in [-0.4, -0.2) is 33.1 Å². The molecule has 0 spiro atoms. The van der Waals surface area contributed by atoms with Crippen LogP contribution in [0.25, 0.3) is 22.3 Å². The lowest BCUT2D eigenvalue weighted by Gasteiger charge is -2.08. The number of hydrogen-bond donors (Lipinski definition) is 2. The molecule has 0 bridgehead atoms. The second kappa shape index (κ2) is 8.16. The van der Waals surface area contributed by atoms with E-state index in [1.54, 1.807) is 43.6 Å². The van der Waals surface area contributed by atoms with Crippen LogP contribution in [0.3, 0.4) is 0 Å². The molecule has 168 valence electrons. The molecule has 4 aromatic rings. The average Bonchev–Trinajstić information content (AvgIpc) is 3.51. The van der Waals surface area contributed by atoms with Gasteiger partial charge in [-0.25, -0.2) is 9.78 Å². The van der Waals surface area contributed by atoms with Crippen molar-refractivity contribution in [1.82, 2.24) is 19.9 Å². The summed E-state index contributed by atoms with van der Waals surface area (Å²) in [5, 5.41) is 3.03. The molecule has 1 amide bonds. The number of aromatic amines is 1. The van der Waals surface area contributed by atoms with Crippen molar-refractivity contribution in [3.63, 3.8) is 0 Å². The highest BCUT2D eigenvalue weighted by atomic mass is 19.3. The van der Waals surface area contributed by atoms with Crippen LogP contribution in [-0.2, 0) is 7.05 Å². The lowest BCUT2D eigenvalue weighted by Crippen LogP contribution is -2.26. The topological polar surface area (TPSA) is 89.0 Å². The van der Waals surface area contributed by atoms with Crippen molar-refractivity contribution in [1.29, 1.82) is 0 Å². The van der Waals surface area contributed by atoms with Gasteiger partial charge in [0.15, 0.2) is 5.65 Å². The number of amides is 1. The molecule has 2 aromatic heterocycles. The number of alkyl halides is 2. The lowest BCUT2D eigenvalue weighted by atomic mass is 10.0. The molecule has 0 aliphatic heterocycles. The van der Waals surface area contributed by atoms with Crippen LogP contribution in [0.1, 0.15) is 28.3 Å². The van der Waals surface area contributed by atoms with Crippen LogP contribution in [0.15, 0.2) is 65.6 Å². The number of halogens is 2. The Kier molecular flexibility index (Phi) is 5.16. The largest absolute Gasteiger partial charge is 0.435 e. The van der Waals surface area contributed by atoms with Gasteiger partial charge in [-0.3, -0.25) is 14.3 Å². The molecule has 33 heavy (non-hydrogen) atoms. The molecule has 1 aliphatic rings. The average molecular weight is 450 g/mol. The summed E-state index contributed by atoms with van der Waals surface area (Å²) in [6.07, 6.45) is 2.44. The maximum Gasteiger partial charge on any atom is 0.387 e. The van der Waals surface area contributed by atoms with Gasteiger partial charge in [0.2, 0.25) is 0 Å². The molecular weight excluding hydrogens is 430 g/mol. The van der Waals surface area contributed by atoms with E-state index in [0.29, 0.717) is 16.7 Å². The summed E-state index contributed by atoms with van der Waals surface area (Å²) < 4.78 is 30.4. The zero-order chi connectivity index (χ0) is 23.1. The smallest absolute Gasteiger partial charge is 0.387 e. The number of hydrogen-bond acceptors (Lipinski definition) is 4. The van der Waals surface area contributed by atoms with Crippen molar-refractivity contribution in [2.45, 2.75) is 25.0 Å². The summed E-state index contributed by atoms with van der Waals surface area (Å²) in [6, 6.07) is 15.6. The second-order valence-electron chi connectivity index (χ2n) is 8.03. The van der Waals surface area contributed by atoms with E-state index in [4.69, 9.17) is 0 Å². The summed E-state index contributed by atoms with van der Waals surface area (Å²) >= 11 is 0. The molecule has 2 atom stereocenters. The number of nitrogens with zero attached hydrogens (tertiary/aromatic N) is 2. The van der Waals surface area contributed by atoms with Crippen molar-refractivity contribution < 1.29 is 18.3 Å². The van der Waals surface area contributed by atoms with Crippen LogP contribution < -0.4 is 15.7 Å². The molecule has 2 N–H and O–H groups in total. The van der Waals surface area contributed by atoms with Crippen LogP contribution in [0.2, 0.25) is 0 Å². The number of carbonyl (C=O) groups excluding carboxylic acids is 1. The maximum absolute atomic E-state index is 12.8. The fraction of sp³-hybridized carbons (Fsp3) is 0.208. The van der Waals surface area contributed by atoms with Gasteiger partial charge in [0.25, 0.3) is 5.91 Å². The van der Waals surface area contributed by atoms with Gasteiger partial charge in [-0.05, 0) is 47.9 Å². The number of H-pyrrole nitrogens is 1. The van der Waals surface area contributed by atoms with E-state index in [9.17, 15) is 18.4 Å². The molecule has 0 saturated heterocycles. The highest BCUT2D eigenvalue weighted by Gasteiger charge is 2.39. The predicted molar refractivity (Wildman–Crippen MR) is 118 cm³/mol. The van der Waals surface area contributed by atoms with Crippen LogP contribution in [0, 0.1) is 0 Å². The number of carbonyl (C=O) groups is 1. The maximum atomic E-state index is 12.8. The highest BCUT2D eigenvalue weighted by Crippen LogP contribution is 2.41. The van der Waals surface area contributed by atoms with Crippen molar-refractivity contribution in [3.8, 4) is 16.9 Å². The first-order chi connectivity index (χ1) is 15.9. The Hall–Kier alpha value is -4.01. The number of aromatic nitrogens is 3. The summed E-state index contributed by atoms with van der Waals surface area (Å²) in [6.45, 7) is -2.85. The number of pyridine rings is 1. The molecule has 2 heterocycles. The Bertz CT molecular complexity index is 1400. The SMILES string of the molecule is Cn1c(=O)[nH]c2ncc(-c3cccc(C(=O)N[C@@H]4C[C@H]4c4ccc(OC(F)F)cc4)c3)cc21. The van der Waals surface area contributed by atoms with Gasteiger partial charge in [-0.15, -0.1) is 0 Å². The van der Waals surface area contributed by atoms with Gasteiger partial charge in [0, 0.05) is 36.3 Å². The quantitative estimate of drug-likeness (QED) is 0.468. The summed E-state index contributed by atoms with van der Waals surface area (Å²) in [4.78, 5) is 31.6. The van der Waals surface area contributed by atoms with Crippen molar-refractivity contribution in [2.24, 2.45) is 7.05 Å². The van der Waals surface area contributed by atoms with E-state index in [1.165, 1.54) is 16.7 Å². The third-order valence-electron chi connectivity index (χ3n) is 5.86. The minimum Gasteiger partial charge on any atom is -0.435 e. The fourth-order valence-electron chi connectivity index (χ4n) is 3.97. The number of rotatable bonds is 6. The minimum absolute atomic E-state index is 0.0181. The highest BCUT2D eigenvalue weighted by molar-refractivity contribution is 5.96. The number of fused-ring (bicyclic) bond motifs is 1. The predicted octanol–water partition coefficient (Wildman–Crippen LogP) is 3.82.